The predicted molar refractivity (Wildman–Crippen MR) is 131 cm³/mol. The average Bonchev–Trinajstić information content (AvgIpc) is 3.11. The van der Waals surface area contributed by atoms with Crippen LogP contribution in [0.15, 0.2) is 64.5 Å². The number of rotatable bonds is 7. The maximum absolute atomic E-state index is 13.3. The lowest BCUT2D eigenvalue weighted by Gasteiger charge is -2.18. The van der Waals surface area contributed by atoms with E-state index in [-0.39, 0.29) is 29.0 Å². The second-order valence-electron chi connectivity index (χ2n) is 8.15. The summed E-state index contributed by atoms with van der Waals surface area (Å²) in [5.74, 6) is -0.182. The van der Waals surface area contributed by atoms with Gasteiger partial charge in [-0.1, -0.05) is 30.8 Å². The molecule has 1 atom stereocenters. The smallest absolute Gasteiger partial charge is 0.262 e. The van der Waals surface area contributed by atoms with E-state index < -0.39 is 0 Å². The number of aryl methyl sites for hydroxylation is 1. The molecule has 0 aliphatic carbocycles. The minimum atomic E-state index is -0.302. The van der Waals surface area contributed by atoms with E-state index in [0.717, 1.165) is 23.5 Å². The lowest BCUT2D eigenvalue weighted by Crippen LogP contribution is -2.26. The summed E-state index contributed by atoms with van der Waals surface area (Å²) in [6.45, 7) is 7.82. The van der Waals surface area contributed by atoms with Crippen LogP contribution in [-0.2, 0) is 0 Å². The van der Waals surface area contributed by atoms with Crippen molar-refractivity contribution in [3.05, 3.63) is 87.7 Å². The highest BCUT2D eigenvalue weighted by molar-refractivity contribution is 7.99. The Labute approximate surface area is 196 Å². The molecule has 2 heterocycles. The SMILES string of the molecule is CCC(C)n1c(SCC(=O)c2cc(C)n(-c3ccc(F)cc3)c2C)nc2ccccc2c1=O. The normalized spacial score (nSPS) is 12.3. The Bertz CT molecular complexity index is 1390. The van der Waals surface area contributed by atoms with Crippen LogP contribution in [0.4, 0.5) is 4.39 Å². The largest absolute Gasteiger partial charge is 0.318 e. The van der Waals surface area contributed by atoms with E-state index in [9.17, 15) is 14.0 Å². The number of hydrogen-bond acceptors (Lipinski definition) is 4. The molecule has 0 saturated heterocycles. The molecule has 4 aromatic rings. The van der Waals surface area contributed by atoms with Gasteiger partial charge in [-0.2, -0.15) is 0 Å². The van der Waals surface area contributed by atoms with E-state index in [0.29, 0.717) is 21.6 Å². The molecule has 5 nitrogen and oxygen atoms in total. The number of benzene rings is 2. The lowest BCUT2D eigenvalue weighted by atomic mass is 10.2. The van der Waals surface area contributed by atoms with E-state index in [4.69, 9.17) is 4.98 Å². The van der Waals surface area contributed by atoms with E-state index in [1.807, 2.05) is 56.5 Å². The van der Waals surface area contributed by atoms with Crippen molar-refractivity contribution in [2.45, 2.75) is 45.3 Å². The lowest BCUT2D eigenvalue weighted by molar-refractivity contribution is 0.102. The topological polar surface area (TPSA) is 56.9 Å². The Hall–Kier alpha value is -3.19. The van der Waals surface area contributed by atoms with Gasteiger partial charge < -0.3 is 4.57 Å². The molecule has 0 amide bonds. The summed E-state index contributed by atoms with van der Waals surface area (Å²) in [5, 5.41) is 1.13. The van der Waals surface area contributed by atoms with Gasteiger partial charge in [-0.15, -0.1) is 0 Å². The molecule has 33 heavy (non-hydrogen) atoms. The van der Waals surface area contributed by atoms with Gasteiger partial charge in [-0.3, -0.25) is 14.2 Å². The highest BCUT2D eigenvalue weighted by Gasteiger charge is 2.20. The quantitative estimate of drug-likeness (QED) is 0.195. The number of ketones is 1. The first-order chi connectivity index (χ1) is 15.8. The first-order valence-electron chi connectivity index (χ1n) is 10.9. The molecule has 170 valence electrons. The van der Waals surface area contributed by atoms with Crippen molar-refractivity contribution in [3.63, 3.8) is 0 Å². The molecule has 2 aromatic heterocycles. The fraction of sp³-hybridized carbons (Fsp3) is 0.269. The van der Waals surface area contributed by atoms with E-state index in [1.54, 1.807) is 22.8 Å². The van der Waals surface area contributed by atoms with Gasteiger partial charge in [0.1, 0.15) is 5.82 Å². The van der Waals surface area contributed by atoms with Crippen molar-refractivity contribution in [1.29, 1.82) is 0 Å². The molecule has 7 heteroatoms. The van der Waals surface area contributed by atoms with Crippen LogP contribution in [-0.4, -0.2) is 25.7 Å². The summed E-state index contributed by atoms with van der Waals surface area (Å²) in [7, 11) is 0. The third-order valence-electron chi connectivity index (χ3n) is 5.96. The van der Waals surface area contributed by atoms with Crippen LogP contribution in [0.5, 0.6) is 0 Å². The molecule has 0 bridgehead atoms. The standard InChI is InChI=1S/C26H26FN3O2S/c1-5-16(2)30-25(32)21-8-6-7-9-23(21)28-26(30)33-15-24(31)22-14-17(3)29(18(22)4)20-12-10-19(27)11-13-20/h6-14,16H,5,15H2,1-4H3. The van der Waals surface area contributed by atoms with Crippen LogP contribution in [0.25, 0.3) is 16.6 Å². The molecule has 0 saturated carbocycles. The molecular weight excluding hydrogens is 437 g/mol. The summed E-state index contributed by atoms with van der Waals surface area (Å²) in [5.41, 5.74) is 3.66. The van der Waals surface area contributed by atoms with Crippen molar-refractivity contribution >= 4 is 28.4 Å². The van der Waals surface area contributed by atoms with Gasteiger partial charge >= 0.3 is 0 Å². The molecule has 2 aromatic carbocycles. The Kier molecular flexibility index (Phi) is 6.51. The maximum Gasteiger partial charge on any atom is 0.262 e. The summed E-state index contributed by atoms with van der Waals surface area (Å²) in [4.78, 5) is 31.0. The van der Waals surface area contributed by atoms with Crippen molar-refractivity contribution in [1.82, 2.24) is 14.1 Å². The molecule has 0 spiro atoms. The third kappa shape index (κ3) is 4.37. The van der Waals surface area contributed by atoms with Crippen LogP contribution < -0.4 is 5.56 Å². The molecular formula is C26H26FN3O2S. The molecule has 4 rings (SSSR count). The predicted octanol–water partition coefficient (Wildman–Crippen LogP) is 5.89. The number of halogens is 1. The number of aromatic nitrogens is 3. The highest BCUT2D eigenvalue weighted by Crippen LogP contribution is 2.26. The number of fused-ring (bicyclic) bond motifs is 1. The number of carbonyl (C=O) groups excluding carboxylic acids is 1. The minimum Gasteiger partial charge on any atom is -0.318 e. The number of para-hydroxylation sites is 1. The molecule has 0 aliphatic rings. The van der Waals surface area contributed by atoms with Crippen LogP contribution in [0, 0.1) is 19.7 Å². The second-order valence-corrected chi connectivity index (χ2v) is 9.09. The van der Waals surface area contributed by atoms with Crippen LogP contribution in [0.3, 0.4) is 0 Å². The number of nitrogens with zero attached hydrogens (tertiary/aromatic N) is 3. The average molecular weight is 464 g/mol. The first kappa shape index (κ1) is 23.0. The van der Waals surface area contributed by atoms with Gasteiger partial charge in [0.2, 0.25) is 0 Å². The van der Waals surface area contributed by atoms with E-state index in [1.165, 1.54) is 23.9 Å². The summed E-state index contributed by atoms with van der Waals surface area (Å²) in [6, 6.07) is 15.3. The van der Waals surface area contributed by atoms with Crippen molar-refractivity contribution < 1.29 is 9.18 Å². The summed E-state index contributed by atoms with van der Waals surface area (Å²) < 4.78 is 17.0. The summed E-state index contributed by atoms with van der Waals surface area (Å²) >= 11 is 1.29. The molecule has 0 aliphatic heterocycles. The van der Waals surface area contributed by atoms with E-state index >= 15 is 0 Å². The van der Waals surface area contributed by atoms with Crippen LogP contribution in [0.1, 0.15) is 48.1 Å². The van der Waals surface area contributed by atoms with Crippen LogP contribution >= 0.6 is 11.8 Å². The zero-order chi connectivity index (χ0) is 23.7. The van der Waals surface area contributed by atoms with Gasteiger partial charge in [-0.05, 0) is 69.7 Å². The van der Waals surface area contributed by atoms with Gasteiger partial charge in [-0.25, -0.2) is 9.37 Å². The van der Waals surface area contributed by atoms with Crippen LogP contribution in [0.2, 0.25) is 0 Å². The number of thioether (sulfide) groups is 1. The van der Waals surface area contributed by atoms with Crippen molar-refractivity contribution in [2.24, 2.45) is 0 Å². The molecule has 0 fully saturated rings. The third-order valence-corrected chi connectivity index (χ3v) is 6.91. The minimum absolute atomic E-state index is 0.0317. The fourth-order valence-corrected chi connectivity index (χ4v) is 5.02. The number of carbonyl (C=O) groups is 1. The molecule has 1 unspecified atom stereocenters. The fourth-order valence-electron chi connectivity index (χ4n) is 4.04. The number of Topliss-reactive ketones (excluding diaryl/α,β-unsaturated/α-hetero) is 1. The van der Waals surface area contributed by atoms with Crippen molar-refractivity contribution in [2.75, 3.05) is 5.75 Å². The zero-order valence-electron chi connectivity index (χ0n) is 19.1. The van der Waals surface area contributed by atoms with Gasteiger partial charge in [0, 0.05) is 28.7 Å². The monoisotopic (exact) mass is 463 g/mol. The van der Waals surface area contributed by atoms with Gasteiger partial charge in [0.15, 0.2) is 10.9 Å². The zero-order valence-corrected chi connectivity index (χ0v) is 19.9. The first-order valence-corrected chi connectivity index (χ1v) is 11.9. The highest BCUT2D eigenvalue weighted by atomic mass is 32.2. The van der Waals surface area contributed by atoms with Gasteiger partial charge in [0.25, 0.3) is 5.56 Å². The number of hydrogen-bond donors (Lipinski definition) is 0. The Morgan fingerprint density at radius 1 is 1.12 bits per heavy atom. The second kappa shape index (κ2) is 9.35. The molecule has 0 N–H and O–H groups in total. The van der Waals surface area contributed by atoms with E-state index in [2.05, 4.69) is 0 Å². The van der Waals surface area contributed by atoms with Crippen molar-refractivity contribution in [3.8, 4) is 5.69 Å². The maximum atomic E-state index is 13.3. The molecule has 0 radical (unpaired) electrons. The Morgan fingerprint density at radius 3 is 2.52 bits per heavy atom. The Morgan fingerprint density at radius 2 is 1.82 bits per heavy atom. The Balaban J connectivity index is 1.65. The van der Waals surface area contributed by atoms with Gasteiger partial charge in [0.05, 0.1) is 16.7 Å². The summed E-state index contributed by atoms with van der Waals surface area (Å²) in [6.07, 6.45) is 0.778.